The summed E-state index contributed by atoms with van der Waals surface area (Å²) >= 11 is 12.1. The summed E-state index contributed by atoms with van der Waals surface area (Å²) in [6.45, 7) is 0. The van der Waals surface area contributed by atoms with Gasteiger partial charge in [-0.25, -0.2) is 4.39 Å². The summed E-state index contributed by atoms with van der Waals surface area (Å²) in [7, 11) is 0. The van der Waals surface area contributed by atoms with Gasteiger partial charge in [0.2, 0.25) is 17.7 Å². The Labute approximate surface area is 197 Å². The molecule has 0 aliphatic heterocycles. The van der Waals surface area contributed by atoms with E-state index in [0.717, 1.165) is 0 Å². The second kappa shape index (κ2) is 9.28. The lowest BCUT2D eigenvalue weighted by molar-refractivity contribution is 0.100. The Balaban J connectivity index is 1.60. The van der Waals surface area contributed by atoms with E-state index in [9.17, 15) is 4.79 Å². The highest BCUT2D eigenvalue weighted by Gasteiger charge is 2.18. The van der Waals surface area contributed by atoms with Crippen LogP contribution in [0.1, 0.15) is 27.4 Å². The zero-order chi connectivity index (χ0) is 23.5. The summed E-state index contributed by atoms with van der Waals surface area (Å²) < 4.78 is 26.4. The molecule has 0 spiro atoms. The molecule has 33 heavy (non-hydrogen) atoms. The van der Waals surface area contributed by atoms with E-state index in [1.54, 1.807) is 18.2 Å². The maximum absolute atomic E-state index is 15.2. The number of benzene rings is 3. The molecular formula is C23H13Cl2FN4O3. The lowest BCUT2D eigenvalue weighted by Gasteiger charge is -2.11. The molecule has 1 amide bonds. The second-order valence-electron chi connectivity index (χ2n) is 6.86. The predicted molar refractivity (Wildman–Crippen MR) is 119 cm³/mol. The molecule has 0 fully saturated rings. The van der Waals surface area contributed by atoms with Crippen LogP contribution in [0.5, 0.6) is 11.5 Å². The van der Waals surface area contributed by atoms with E-state index in [-0.39, 0.29) is 50.9 Å². The van der Waals surface area contributed by atoms with Crippen molar-refractivity contribution in [3.63, 3.8) is 0 Å². The van der Waals surface area contributed by atoms with Gasteiger partial charge in [0, 0.05) is 21.7 Å². The van der Waals surface area contributed by atoms with Gasteiger partial charge in [0.25, 0.3) is 0 Å². The van der Waals surface area contributed by atoms with Crippen molar-refractivity contribution in [2.24, 2.45) is 5.73 Å². The Morgan fingerprint density at radius 2 is 1.97 bits per heavy atom. The molecule has 10 heteroatoms. The van der Waals surface area contributed by atoms with Gasteiger partial charge in [0.15, 0.2) is 11.6 Å². The number of rotatable bonds is 6. The van der Waals surface area contributed by atoms with Crippen molar-refractivity contribution in [2.75, 3.05) is 0 Å². The molecule has 1 heterocycles. The zero-order valence-corrected chi connectivity index (χ0v) is 18.2. The minimum Gasteiger partial charge on any atom is -0.453 e. The van der Waals surface area contributed by atoms with Crippen molar-refractivity contribution in [1.82, 2.24) is 10.2 Å². The van der Waals surface area contributed by atoms with E-state index < -0.39 is 11.7 Å². The lowest BCUT2D eigenvalue weighted by atomic mass is 10.1. The highest BCUT2D eigenvalue weighted by Crippen LogP contribution is 2.36. The number of carbonyl (C=O) groups is 1. The number of hydrogen-bond acceptors (Lipinski definition) is 6. The molecule has 2 N–H and O–H groups in total. The summed E-state index contributed by atoms with van der Waals surface area (Å²) in [5.74, 6) is -1.09. The van der Waals surface area contributed by atoms with Crippen LogP contribution in [0.15, 0.2) is 59.0 Å². The van der Waals surface area contributed by atoms with Crippen molar-refractivity contribution < 1.29 is 18.3 Å². The van der Waals surface area contributed by atoms with Crippen LogP contribution in [0.2, 0.25) is 10.0 Å². The Kier molecular flexibility index (Phi) is 6.27. The first-order chi connectivity index (χ1) is 15.8. The van der Waals surface area contributed by atoms with Crippen LogP contribution in [0.3, 0.4) is 0 Å². The first-order valence-electron chi connectivity index (χ1n) is 9.42. The molecule has 0 radical (unpaired) electrons. The Morgan fingerprint density at radius 1 is 1.15 bits per heavy atom. The Morgan fingerprint density at radius 3 is 2.73 bits per heavy atom. The van der Waals surface area contributed by atoms with Crippen LogP contribution in [0.25, 0.3) is 11.5 Å². The third-order valence-corrected chi connectivity index (χ3v) is 5.07. The SMILES string of the molecule is N#Cc1cc(Cl)cc(Oc2c(Cl)ccc(Cc3nnc(-c4cccc(C(N)=O)c4)o3)c2F)c1. The van der Waals surface area contributed by atoms with Gasteiger partial charge in [-0.3, -0.25) is 4.79 Å². The van der Waals surface area contributed by atoms with E-state index in [0.29, 0.717) is 11.1 Å². The summed E-state index contributed by atoms with van der Waals surface area (Å²) in [6.07, 6.45) is -0.0408. The maximum atomic E-state index is 15.2. The van der Waals surface area contributed by atoms with Gasteiger partial charge < -0.3 is 14.9 Å². The number of hydrogen-bond donors (Lipinski definition) is 1. The first kappa shape index (κ1) is 22.3. The van der Waals surface area contributed by atoms with Gasteiger partial charge in [-0.2, -0.15) is 5.26 Å². The van der Waals surface area contributed by atoms with Gasteiger partial charge >= 0.3 is 0 Å². The maximum Gasteiger partial charge on any atom is 0.248 e. The average Bonchev–Trinajstić information content (AvgIpc) is 3.27. The number of ether oxygens (including phenoxy) is 1. The van der Waals surface area contributed by atoms with Crippen molar-refractivity contribution in [3.8, 4) is 29.0 Å². The average molecular weight is 483 g/mol. The van der Waals surface area contributed by atoms with Crippen LogP contribution in [-0.4, -0.2) is 16.1 Å². The number of amides is 1. The lowest BCUT2D eigenvalue weighted by Crippen LogP contribution is -2.10. The zero-order valence-electron chi connectivity index (χ0n) is 16.7. The molecule has 4 aromatic rings. The van der Waals surface area contributed by atoms with E-state index in [4.69, 9.17) is 43.4 Å². The topological polar surface area (TPSA) is 115 Å². The van der Waals surface area contributed by atoms with E-state index >= 15 is 4.39 Å². The normalized spacial score (nSPS) is 10.6. The number of carbonyl (C=O) groups excluding carboxylic acids is 1. The molecule has 0 aliphatic rings. The van der Waals surface area contributed by atoms with E-state index in [1.807, 2.05) is 6.07 Å². The smallest absolute Gasteiger partial charge is 0.248 e. The molecule has 0 saturated heterocycles. The minimum absolute atomic E-state index is 0.0317. The Hall–Kier alpha value is -3.93. The van der Waals surface area contributed by atoms with Crippen molar-refractivity contribution in [1.29, 1.82) is 5.26 Å². The van der Waals surface area contributed by atoms with Gasteiger partial charge in [0.1, 0.15) is 5.75 Å². The van der Waals surface area contributed by atoms with Crippen LogP contribution in [0.4, 0.5) is 4.39 Å². The number of aromatic nitrogens is 2. The third kappa shape index (κ3) is 4.95. The molecule has 7 nitrogen and oxygen atoms in total. The fraction of sp³-hybridized carbons (Fsp3) is 0.0435. The summed E-state index contributed by atoms with van der Waals surface area (Å²) in [5.41, 5.74) is 6.53. The number of nitrogens with two attached hydrogens (primary N) is 1. The standard InChI is InChI=1S/C23H13Cl2FN4O3/c24-16-6-12(11-27)7-17(10-16)32-21-18(25)5-4-13(20(21)26)9-19-29-30-23(33-19)15-3-1-2-14(8-15)22(28)31/h1-8,10H,9H2,(H2,28,31). The monoisotopic (exact) mass is 482 g/mol. The molecule has 0 atom stereocenters. The molecule has 0 bridgehead atoms. The van der Waals surface area contributed by atoms with Crippen LogP contribution >= 0.6 is 23.2 Å². The summed E-state index contributed by atoms with van der Waals surface area (Å²) in [4.78, 5) is 11.4. The van der Waals surface area contributed by atoms with Gasteiger partial charge in [0.05, 0.1) is 23.1 Å². The van der Waals surface area contributed by atoms with Crippen LogP contribution in [-0.2, 0) is 6.42 Å². The largest absolute Gasteiger partial charge is 0.453 e. The quantitative estimate of drug-likeness (QED) is 0.385. The van der Waals surface area contributed by atoms with E-state index in [1.165, 1.54) is 36.4 Å². The predicted octanol–water partition coefficient (Wildman–Crippen LogP) is 5.54. The summed E-state index contributed by atoms with van der Waals surface area (Å²) in [6, 6.07) is 15.6. The number of halogens is 3. The molecule has 3 aromatic carbocycles. The van der Waals surface area contributed by atoms with Gasteiger partial charge in [-0.1, -0.05) is 35.3 Å². The molecule has 0 saturated carbocycles. The fourth-order valence-corrected chi connectivity index (χ4v) is 3.43. The molecular weight excluding hydrogens is 470 g/mol. The van der Waals surface area contributed by atoms with Gasteiger partial charge in [-0.15, -0.1) is 10.2 Å². The molecule has 0 unspecified atom stereocenters. The number of nitriles is 1. The highest BCUT2D eigenvalue weighted by atomic mass is 35.5. The fourth-order valence-electron chi connectivity index (χ4n) is 3.02. The molecule has 164 valence electrons. The molecule has 0 aliphatic carbocycles. The molecule has 4 rings (SSSR count). The molecule has 1 aromatic heterocycles. The third-order valence-electron chi connectivity index (χ3n) is 4.55. The van der Waals surface area contributed by atoms with Crippen molar-refractivity contribution >= 4 is 29.1 Å². The minimum atomic E-state index is -0.726. The van der Waals surface area contributed by atoms with Crippen molar-refractivity contribution in [2.45, 2.75) is 6.42 Å². The Bertz CT molecular complexity index is 1420. The highest BCUT2D eigenvalue weighted by molar-refractivity contribution is 6.32. The van der Waals surface area contributed by atoms with Crippen molar-refractivity contribution in [3.05, 3.63) is 93.0 Å². The number of nitrogens with zero attached hydrogens (tertiary/aromatic N) is 3. The van der Waals surface area contributed by atoms with Gasteiger partial charge in [-0.05, 0) is 42.5 Å². The van der Waals surface area contributed by atoms with Crippen LogP contribution < -0.4 is 10.5 Å². The summed E-state index contributed by atoms with van der Waals surface area (Å²) in [5, 5.41) is 17.3. The van der Waals surface area contributed by atoms with E-state index in [2.05, 4.69) is 10.2 Å². The first-order valence-corrected chi connectivity index (χ1v) is 10.2. The van der Waals surface area contributed by atoms with Crippen LogP contribution in [0, 0.1) is 17.1 Å². The second-order valence-corrected chi connectivity index (χ2v) is 7.71. The number of primary amides is 1.